The van der Waals surface area contributed by atoms with E-state index in [9.17, 15) is 9.59 Å². The number of Topliss-reactive ketones (excluding diaryl/α,β-unsaturated/α-hetero) is 1. The van der Waals surface area contributed by atoms with Gasteiger partial charge in [0, 0.05) is 29.8 Å². The van der Waals surface area contributed by atoms with Crippen molar-refractivity contribution in [1.82, 2.24) is 19.9 Å². The van der Waals surface area contributed by atoms with E-state index in [4.69, 9.17) is 0 Å². The summed E-state index contributed by atoms with van der Waals surface area (Å²) in [6, 6.07) is 1.88. The predicted molar refractivity (Wildman–Crippen MR) is 83.5 cm³/mol. The third kappa shape index (κ3) is 3.01. The fraction of sp³-hybridized carbons (Fsp3) is 0.214. The second-order valence-electron chi connectivity index (χ2n) is 4.75. The number of hydrogen-bond donors (Lipinski definition) is 2. The maximum absolute atomic E-state index is 11.7. The Bertz CT molecular complexity index is 839. The van der Waals surface area contributed by atoms with Gasteiger partial charge in [0.25, 0.3) is 0 Å². The van der Waals surface area contributed by atoms with Crippen LogP contribution in [0.2, 0.25) is 0 Å². The third-order valence-corrected chi connectivity index (χ3v) is 3.81. The Morgan fingerprint density at radius 2 is 2.18 bits per heavy atom. The zero-order valence-electron chi connectivity index (χ0n) is 11.8. The first-order valence-corrected chi connectivity index (χ1v) is 7.55. The molecule has 0 fully saturated rings. The van der Waals surface area contributed by atoms with Crippen LogP contribution in [0, 0.1) is 0 Å². The van der Waals surface area contributed by atoms with Crippen molar-refractivity contribution < 1.29 is 9.59 Å². The van der Waals surface area contributed by atoms with Crippen molar-refractivity contribution in [1.29, 1.82) is 0 Å². The lowest BCUT2D eigenvalue weighted by molar-refractivity contribution is -0.121. The van der Waals surface area contributed by atoms with E-state index in [0.717, 1.165) is 11.0 Å². The summed E-state index contributed by atoms with van der Waals surface area (Å²) in [6.45, 7) is 1.46. The van der Waals surface area contributed by atoms with E-state index in [1.807, 2.05) is 11.4 Å². The summed E-state index contributed by atoms with van der Waals surface area (Å²) in [5.41, 5.74) is 2.13. The standard InChI is InChI=1S/C14H13N5O2S/c1-8(20)2-3-11(21)19-14-18-10(6-22-14)12-9-4-5-15-13(9)17-7-16-12/h4-7H,2-3H2,1H3,(H,15,16,17)(H,18,19,21). The van der Waals surface area contributed by atoms with Crippen LogP contribution in [0.3, 0.4) is 0 Å². The molecule has 0 atom stereocenters. The number of hydrogen-bond acceptors (Lipinski definition) is 6. The molecule has 0 radical (unpaired) electrons. The molecule has 0 aromatic carbocycles. The van der Waals surface area contributed by atoms with Gasteiger partial charge in [-0.2, -0.15) is 0 Å². The number of nitrogens with one attached hydrogen (secondary N) is 2. The first-order valence-electron chi connectivity index (χ1n) is 6.67. The van der Waals surface area contributed by atoms with Gasteiger partial charge in [0.1, 0.15) is 29.1 Å². The molecule has 3 heterocycles. The van der Waals surface area contributed by atoms with Gasteiger partial charge in [-0.05, 0) is 13.0 Å². The molecular formula is C14H13N5O2S. The van der Waals surface area contributed by atoms with Crippen molar-refractivity contribution in [2.24, 2.45) is 0 Å². The Kier molecular flexibility index (Phi) is 3.92. The number of carbonyl (C=O) groups excluding carboxylic acids is 2. The van der Waals surface area contributed by atoms with E-state index in [0.29, 0.717) is 16.5 Å². The Morgan fingerprint density at radius 3 is 3.00 bits per heavy atom. The molecule has 1 amide bonds. The number of nitrogens with zero attached hydrogens (tertiary/aromatic N) is 3. The smallest absolute Gasteiger partial charge is 0.226 e. The SMILES string of the molecule is CC(=O)CCC(=O)Nc1nc(-c2ncnc3[nH]ccc23)cs1. The number of ketones is 1. The fourth-order valence-electron chi connectivity index (χ4n) is 1.99. The van der Waals surface area contributed by atoms with E-state index in [1.54, 1.807) is 6.20 Å². The summed E-state index contributed by atoms with van der Waals surface area (Å²) in [5.74, 6) is -0.226. The molecule has 0 spiro atoms. The topological polar surface area (TPSA) is 101 Å². The van der Waals surface area contributed by atoms with E-state index >= 15 is 0 Å². The van der Waals surface area contributed by atoms with Crippen molar-refractivity contribution >= 4 is 39.2 Å². The van der Waals surface area contributed by atoms with Crippen molar-refractivity contribution in [3.63, 3.8) is 0 Å². The van der Waals surface area contributed by atoms with Gasteiger partial charge in [-0.25, -0.2) is 15.0 Å². The maximum Gasteiger partial charge on any atom is 0.226 e. The molecule has 2 N–H and O–H groups in total. The van der Waals surface area contributed by atoms with Crippen LogP contribution < -0.4 is 5.32 Å². The average molecular weight is 315 g/mol. The summed E-state index contributed by atoms with van der Waals surface area (Å²) in [7, 11) is 0. The molecule has 112 valence electrons. The highest BCUT2D eigenvalue weighted by molar-refractivity contribution is 7.14. The van der Waals surface area contributed by atoms with Crippen LogP contribution in [-0.4, -0.2) is 31.6 Å². The highest BCUT2D eigenvalue weighted by Gasteiger charge is 2.12. The molecule has 8 heteroatoms. The Labute approximate surface area is 129 Å². The van der Waals surface area contributed by atoms with Crippen molar-refractivity contribution in [3.05, 3.63) is 24.0 Å². The number of amides is 1. The Morgan fingerprint density at radius 1 is 1.32 bits per heavy atom. The molecule has 0 aliphatic rings. The van der Waals surface area contributed by atoms with Crippen LogP contribution in [0.25, 0.3) is 22.4 Å². The molecule has 7 nitrogen and oxygen atoms in total. The number of H-pyrrole nitrogens is 1. The quantitative estimate of drug-likeness (QED) is 0.753. The maximum atomic E-state index is 11.7. The molecular weight excluding hydrogens is 302 g/mol. The first-order chi connectivity index (χ1) is 10.6. The number of thiazole rings is 1. The van der Waals surface area contributed by atoms with Gasteiger partial charge in [-0.1, -0.05) is 0 Å². The Balaban J connectivity index is 1.78. The van der Waals surface area contributed by atoms with Gasteiger partial charge in [0.15, 0.2) is 5.13 Å². The summed E-state index contributed by atoms with van der Waals surface area (Å²) in [6.07, 6.45) is 3.66. The molecule has 0 aliphatic heterocycles. The minimum absolute atomic E-state index is 0.00851. The average Bonchev–Trinajstić information content (AvgIpc) is 3.13. The second kappa shape index (κ2) is 6.02. The van der Waals surface area contributed by atoms with Crippen LogP contribution in [0.4, 0.5) is 5.13 Å². The van der Waals surface area contributed by atoms with E-state index in [1.165, 1.54) is 24.6 Å². The number of rotatable bonds is 5. The molecule has 0 saturated carbocycles. The van der Waals surface area contributed by atoms with E-state index < -0.39 is 0 Å². The highest BCUT2D eigenvalue weighted by atomic mass is 32.1. The number of fused-ring (bicyclic) bond motifs is 1. The van der Waals surface area contributed by atoms with Crippen molar-refractivity contribution in [2.75, 3.05) is 5.32 Å². The lowest BCUT2D eigenvalue weighted by atomic mass is 10.2. The Hall–Kier alpha value is -2.61. The van der Waals surface area contributed by atoms with Crippen LogP contribution in [0.5, 0.6) is 0 Å². The van der Waals surface area contributed by atoms with Gasteiger partial charge in [0.05, 0.1) is 0 Å². The van der Waals surface area contributed by atoms with E-state index in [-0.39, 0.29) is 24.5 Å². The number of aromatic amines is 1. The van der Waals surface area contributed by atoms with Crippen LogP contribution >= 0.6 is 11.3 Å². The minimum atomic E-state index is -0.217. The zero-order chi connectivity index (χ0) is 15.5. The number of carbonyl (C=O) groups is 2. The van der Waals surface area contributed by atoms with Crippen molar-refractivity contribution in [2.45, 2.75) is 19.8 Å². The molecule has 22 heavy (non-hydrogen) atoms. The first kappa shape index (κ1) is 14.3. The lowest BCUT2D eigenvalue weighted by Gasteiger charge is -2.00. The number of anilines is 1. The zero-order valence-corrected chi connectivity index (χ0v) is 12.6. The minimum Gasteiger partial charge on any atom is -0.346 e. The second-order valence-corrected chi connectivity index (χ2v) is 5.61. The summed E-state index contributed by atoms with van der Waals surface area (Å²) in [5, 5.41) is 5.89. The molecule has 3 aromatic rings. The lowest BCUT2D eigenvalue weighted by Crippen LogP contribution is -2.12. The number of aromatic nitrogens is 4. The molecule has 0 saturated heterocycles. The van der Waals surface area contributed by atoms with Gasteiger partial charge in [0.2, 0.25) is 5.91 Å². The summed E-state index contributed by atoms with van der Waals surface area (Å²) < 4.78 is 0. The predicted octanol–water partition coefficient (Wildman–Crippen LogP) is 2.39. The van der Waals surface area contributed by atoms with Gasteiger partial charge < -0.3 is 15.1 Å². The molecule has 3 rings (SSSR count). The van der Waals surface area contributed by atoms with Gasteiger partial charge in [-0.15, -0.1) is 11.3 Å². The monoisotopic (exact) mass is 315 g/mol. The molecule has 3 aromatic heterocycles. The molecule has 0 bridgehead atoms. The molecule has 0 unspecified atom stereocenters. The van der Waals surface area contributed by atoms with Crippen LogP contribution in [-0.2, 0) is 9.59 Å². The van der Waals surface area contributed by atoms with Gasteiger partial charge >= 0.3 is 0 Å². The normalized spacial score (nSPS) is 10.8. The van der Waals surface area contributed by atoms with E-state index in [2.05, 4.69) is 25.3 Å². The fourth-order valence-corrected chi connectivity index (χ4v) is 2.70. The van der Waals surface area contributed by atoms with Crippen LogP contribution in [0.15, 0.2) is 24.0 Å². The van der Waals surface area contributed by atoms with Gasteiger partial charge in [-0.3, -0.25) is 4.79 Å². The van der Waals surface area contributed by atoms with Crippen LogP contribution in [0.1, 0.15) is 19.8 Å². The largest absolute Gasteiger partial charge is 0.346 e. The molecule has 0 aliphatic carbocycles. The van der Waals surface area contributed by atoms with Crippen molar-refractivity contribution in [3.8, 4) is 11.4 Å². The third-order valence-electron chi connectivity index (χ3n) is 3.05. The highest BCUT2D eigenvalue weighted by Crippen LogP contribution is 2.28. The summed E-state index contributed by atoms with van der Waals surface area (Å²) >= 11 is 1.32. The summed E-state index contributed by atoms with van der Waals surface area (Å²) in [4.78, 5) is 38.4.